The highest BCUT2D eigenvalue weighted by molar-refractivity contribution is 5.94. The molecule has 0 spiro atoms. The number of carbonyl (C=O) groups excluding carboxylic acids is 1. The maximum atomic E-state index is 13.3. The van der Waals surface area contributed by atoms with Crippen molar-refractivity contribution in [2.45, 2.75) is 6.54 Å². The second-order valence-electron chi connectivity index (χ2n) is 3.76. The van der Waals surface area contributed by atoms with E-state index in [9.17, 15) is 18.0 Å². The van der Waals surface area contributed by atoms with Crippen molar-refractivity contribution in [3.8, 4) is 0 Å². The monoisotopic (exact) mass is 266 g/mol. The molecule has 1 heterocycles. The molecule has 0 atom stereocenters. The number of nitrogens with zero attached hydrogens (tertiary/aromatic N) is 1. The van der Waals surface area contributed by atoms with E-state index in [0.29, 0.717) is 6.07 Å². The topological polar surface area (TPSA) is 42.0 Å². The molecule has 1 amide bonds. The second kappa shape index (κ2) is 5.51. The fourth-order valence-electron chi connectivity index (χ4n) is 1.49. The normalized spacial score (nSPS) is 10.3. The van der Waals surface area contributed by atoms with E-state index in [2.05, 4.69) is 10.3 Å². The second-order valence-corrected chi connectivity index (χ2v) is 3.76. The predicted molar refractivity (Wildman–Crippen MR) is 61.7 cm³/mol. The van der Waals surface area contributed by atoms with E-state index >= 15 is 0 Å². The Labute approximate surface area is 107 Å². The number of nitrogens with one attached hydrogen (secondary N) is 1. The summed E-state index contributed by atoms with van der Waals surface area (Å²) in [6, 6.07) is 5.68. The minimum atomic E-state index is -0.903. The van der Waals surface area contributed by atoms with Crippen LogP contribution in [0.5, 0.6) is 0 Å². The zero-order valence-corrected chi connectivity index (χ0v) is 9.66. The average Bonchev–Trinajstić information content (AvgIpc) is 2.38. The van der Waals surface area contributed by atoms with Crippen LogP contribution < -0.4 is 5.32 Å². The molecule has 0 fully saturated rings. The van der Waals surface area contributed by atoms with Crippen LogP contribution >= 0.6 is 0 Å². The zero-order chi connectivity index (χ0) is 13.8. The van der Waals surface area contributed by atoms with Gasteiger partial charge in [0, 0.05) is 24.4 Å². The summed E-state index contributed by atoms with van der Waals surface area (Å²) < 4.78 is 39.2. The van der Waals surface area contributed by atoms with Gasteiger partial charge >= 0.3 is 0 Å². The van der Waals surface area contributed by atoms with Crippen LogP contribution in [0.25, 0.3) is 0 Å². The molecule has 0 radical (unpaired) electrons. The molecular formula is C13H9F3N2O. The number of hydrogen-bond acceptors (Lipinski definition) is 2. The SMILES string of the molecule is O=C(NCc1ccc(F)cc1F)c1cccnc1F. The number of aromatic nitrogens is 1. The fourth-order valence-corrected chi connectivity index (χ4v) is 1.49. The largest absolute Gasteiger partial charge is 0.348 e. The molecule has 1 N–H and O–H groups in total. The first-order chi connectivity index (χ1) is 9.08. The maximum absolute atomic E-state index is 13.3. The molecular weight excluding hydrogens is 257 g/mol. The van der Waals surface area contributed by atoms with Crippen molar-refractivity contribution in [2.24, 2.45) is 0 Å². The van der Waals surface area contributed by atoms with E-state index in [1.54, 1.807) is 0 Å². The minimum absolute atomic E-state index is 0.110. The summed E-state index contributed by atoms with van der Waals surface area (Å²) in [5, 5.41) is 2.33. The molecule has 0 aliphatic heterocycles. The quantitative estimate of drug-likeness (QED) is 0.867. The average molecular weight is 266 g/mol. The Balaban J connectivity index is 2.07. The number of carbonyl (C=O) groups is 1. The van der Waals surface area contributed by atoms with Crippen LogP contribution in [0.1, 0.15) is 15.9 Å². The summed E-state index contributed by atoms with van der Waals surface area (Å²) in [6.45, 7) is -0.167. The molecule has 0 saturated heterocycles. The Bertz CT molecular complexity index is 617. The molecule has 1 aromatic heterocycles. The standard InChI is InChI=1S/C13H9F3N2O/c14-9-4-3-8(11(15)6-9)7-18-13(19)10-2-1-5-17-12(10)16/h1-6H,7H2,(H,18,19). The van der Waals surface area contributed by atoms with Gasteiger partial charge in [-0.2, -0.15) is 4.39 Å². The Morgan fingerprint density at radius 2 is 2.00 bits per heavy atom. The summed E-state index contributed by atoms with van der Waals surface area (Å²) >= 11 is 0. The van der Waals surface area contributed by atoms with Crippen LogP contribution in [0.2, 0.25) is 0 Å². The zero-order valence-electron chi connectivity index (χ0n) is 9.66. The van der Waals surface area contributed by atoms with Gasteiger partial charge in [-0.25, -0.2) is 13.8 Å². The Morgan fingerprint density at radius 3 is 2.68 bits per heavy atom. The molecule has 0 aliphatic rings. The van der Waals surface area contributed by atoms with Gasteiger partial charge in [0.2, 0.25) is 5.95 Å². The van der Waals surface area contributed by atoms with Crippen LogP contribution in [-0.2, 0) is 6.54 Å². The van der Waals surface area contributed by atoms with Crippen LogP contribution in [-0.4, -0.2) is 10.9 Å². The van der Waals surface area contributed by atoms with E-state index in [-0.39, 0.29) is 17.7 Å². The summed E-state index contributed by atoms with van der Waals surface area (Å²) in [4.78, 5) is 15.0. The Morgan fingerprint density at radius 1 is 1.21 bits per heavy atom. The lowest BCUT2D eigenvalue weighted by atomic mass is 10.2. The van der Waals surface area contributed by atoms with Gasteiger partial charge in [0.1, 0.15) is 11.6 Å². The lowest BCUT2D eigenvalue weighted by molar-refractivity contribution is 0.0945. The third kappa shape index (κ3) is 3.09. The highest BCUT2D eigenvalue weighted by Gasteiger charge is 2.12. The third-order valence-corrected chi connectivity index (χ3v) is 2.46. The lowest BCUT2D eigenvalue weighted by Gasteiger charge is -2.06. The van der Waals surface area contributed by atoms with E-state index in [1.807, 2.05) is 0 Å². The van der Waals surface area contributed by atoms with Crippen LogP contribution in [0.4, 0.5) is 13.2 Å². The Kier molecular flexibility index (Phi) is 3.79. The third-order valence-electron chi connectivity index (χ3n) is 2.46. The first kappa shape index (κ1) is 13.1. The molecule has 98 valence electrons. The number of pyridine rings is 1. The molecule has 0 bridgehead atoms. The highest BCUT2D eigenvalue weighted by atomic mass is 19.1. The van der Waals surface area contributed by atoms with Crippen molar-refractivity contribution in [3.63, 3.8) is 0 Å². The van der Waals surface area contributed by atoms with Gasteiger partial charge in [-0.3, -0.25) is 4.79 Å². The van der Waals surface area contributed by atoms with E-state index in [4.69, 9.17) is 0 Å². The van der Waals surface area contributed by atoms with Gasteiger partial charge in [0.05, 0.1) is 5.56 Å². The van der Waals surface area contributed by atoms with Crippen molar-refractivity contribution >= 4 is 5.91 Å². The first-order valence-corrected chi connectivity index (χ1v) is 5.40. The number of rotatable bonds is 3. The molecule has 0 unspecified atom stereocenters. The number of hydrogen-bond donors (Lipinski definition) is 1. The van der Waals surface area contributed by atoms with Crippen molar-refractivity contribution in [1.29, 1.82) is 0 Å². The molecule has 1 aromatic carbocycles. The van der Waals surface area contributed by atoms with Crippen molar-refractivity contribution < 1.29 is 18.0 Å². The van der Waals surface area contributed by atoms with Gasteiger partial charge in [-0.1, -0.05) is 6.07 Å². The number of amides is 1. The van der Waals surface area contributed by atoms with Crippen molar-refractivity contribution in [2.75, 3.05) is 0 Å². The molecule has 2 aromatic rings. The van der Waals surface area contributed by atoms with Gasteiger partial charge in [-0.05, 0) is 18.2 Å². The summed E-state index contributed by atoms with van der Waals surface area (Å²) in [5.74, 6) is -3.09. The summed E-state index contributed by atoms with van der Waals surface area (Å²) in [6.07, 6.45) is 1.21. The van der Waals surface area contributed by atoms with Gasteiger partial charge < -0.3 is 5.32 Å². The molecule has 3 nitrogen and oxygen atoms in total. The fraction of sp³-hybridized carbons (Fsp3) is 0.0769. The summed E-state index contributed by atoms with van der Waals surface area (Å²) in [5.41, 5.74) is -0.121. The van der Waals surface area contributed by atoms with Crippen molar-refractivity contribution in [3.05, 3.63) is 65.2 Å². The summed E-state index contributed by atoms with van der Waals surface area (Å²) in [7, 11) is 0. The van der Waals surface area contributed by atoms with Crippen molar-refractivity contribution in [1.82, 2.24) is 10.3 Å². The molecule has 19 heavy (non-hydrogen) atoms. The number of benzene rings is 1. The van der Waals surface area contributed by atoms with E-state index < -0.39 is 23.5 Å². The minimum Gasteiger partial charge on any atom is -0.348 e. The molecule has 0 aliphatic carbocycles. The van der Waals surface area contributed by atoms with Crippen LogP contribution in [0.15, 0.2) is 36.5 Å². The Hall–Kier alpha value is -2.37. The highest BCUT2D eigenvalue weighted by Crippen LogP contribution is 2.10. The number of halogens is 3. The van der Waals surface area contributed by atoms with Crippen LogP contribution in [0.3, 0.4) is 0 Å². The van der Waals surface area contributed by atoms with Gasteiger partial charge in [0.25, 0.3) is 5.91 Å². The molecule has 6 heteroatoms. The molecule has 0 saturated carbocycles. The maximum Gasteiger partial charge on any atom is 0.256 e. The van der Waals surface area contributed by atoms with E-state index in [1.165, 1.54) is 24.4 Å². The lowest BCUT2D eigenvalue weighted by Crippen LogP contribution is -2.24. The molecule has 2 rings (SSSR count). The first-order valence-electron chi connectivity index (χ1n) is 5.40. The van der Waals surface area contributed by atoms with Gasteiger partial charge in [-0.15, -0.1) is 0 Å². The predicted octanol–water partition coefficient (Wildman–Crippen LogP) is 2.43. The van der Waals surface area contributed by atoms with E-state index in [0.717, 1.165) is 6.07 Å². The van der Waals surface area contributed by atoms with Crippen LogP contribution in [0, 0.1) is 17.6 Å². The smallest absolute Gasteiger partial charge is 0.256 e. The van der Waals surface area contributed by atoms with Gasteiger partial charge in [0.15, 0.2) is 0 Å².